The van der Waals surface area contributed by atoms with E-state index >= 15 is 0 Å². The quantitative estimate of drug-likeness (QED) is 0.436. The number of nitrogens with one attached hydrogen (secondary N) is 1. The predicted molar refractivity (Wildman–Crippen MR) is 26.8 cm³/mol. The van der Waals surface area contributed by atoms with Crippen LogP contribution in [0.2, 0.25) is 0 Å². The van der Waals surface area contributed by atoms with Crippen molar-refractivity contribution in [2.75, 3.05) is 7.05 Å². The molecule has 2 nitrogen and oxygen atoms in total. The minimum absolute atomic E-state index is 1.25. The summed E-state index contributed by atoms with van der Waals surface area (Å²) in [4.78, 5) is 0. The van der Waals surface area contributed by atoms with Gasteiger partial charge in [0.15, 0.2) is 0 Å². The largest absolute Gasteiger partial charge is 0.317 e. The smallest absolute Gasteiger partial charge is 0.00929 e. The maximum absolute atomic E-state index is 7.32. The first-order valence-electron chi connectivity index (χ1n) is 2.14. The molecule has 0 saturated carbocycles. The lowest BCUT2D eigenvalue weighted by Gasteiger charge is -1.60. The van der Waals surface area contributed by atoms with Gasteiger partial charge in [-0.05, 0) is 0 Å². The summed E-state index contributed by atoms with van der Waals surface area (Å²) in [5.41, 5.74) is 1.75. The van der Waals surface area contributed by atoms with Crippen molar-refractivity contribution in [3.63, 3.8) is 0 Å². The Hall–Kier alpha value is -0.0800. The molecule has 0 saturated heterocycles. The Labute approximate surface area is 39.1 Å². The molecule has 2 heteroatoms. The van der Waals surface area contributed by atoms with Gasteiger partial charge in [-0.15, -0.1) is 0 Å². The Morgan fingerprint density at radius 1 is 1.50 bits per heavy atom. The van der Waals surface area contributed by atoms with Gasteiger partial charge in [0.2, 0.25) is 0 Å². The average molecular weight is 91.2 g/mol. The maximum Gasteiger partial charge on any atom is 0.00929 e. The molecule has 0 radical (unpaired) electrons. The van der Waals surface area contributed by atoms with Gasteiger partial charge < -0.3 is 5.21 Å². The van der Waals surface area contributed by atoms with E-state index in [1.165, 1.54) is 13.5 Å². The second-order valence-electron chi connectivity index (χ2n) is 0.931. The first-order chi connectivity index (χ1) is 2.83. The van der Waals surface area contributed by atoms with Crippen molar-refractivity contribution in [1.82, 2.24) is 5.48 Å². The molecule has 0 aromatic carbocycles. The lowest BCUT2D eigenvalue weighted by atomic mass is 10.6. The fourth-order valence-electron chi connectivity index (χ4n) is 0. The molecule has 0 atom stereocenters. The molecule has 0 aliphatic heterocycles. The zero-order chi connectivity index (χ0) is 5.41. The van der Waals surface area contributed by atoms with Crippen molar-refractivity contribution >= 4 is 0 Å². The number of rotatable bonds is 0. The van der Waals surface area contributed by atoms with Gasteiger partial charge in [0.25, 0.3) is 0 Å². The molecule has 0 unspecified atom stereocenters. The van der Waals surface area contributed by atoms with Crippen LogP contribution in [0.5, 0.6) is 0 Å². The van der Waals surface area contributed by atoms with Crippen molar-refractivity contribution in [2.24, 2.45) is 0 Å². The van der Waals surface area contributed by atoms with E-state index in [4.69, 9.17) is 5.21 Å². The highest BCUT2D eigenvalue weighted by Crippen LogP contribution is 1.56. The van der Waals surface area contributed by atoms with Crippen LogP contribution in [0, 0.1) is 0 Å². The van der Waals surface area contributed by atoms with Gasteiger partial charge in [-0.1, -0.05) is 20.3 Å². The zero-order valence-electron chi connectivity index (χ0n) is 4.65. The van der Waals surface area contributed by atoms with Gasteiger partial charge in [-0.25, -0.2) is 5.48 Å². The number of hydrogen-bond acceptors (Lipinski definition) is 2. The molecular formula is C4H13NO. The Kier molecular flexibility index (Phi) is 31.9. The molecule has 6 heavy (non-hydrogen) atoms. The first-order valence-corrected chi connectivity index (χ1v) is 2.14. The molecule has 0 bridgehead atoms. The average Bonchev–Trinajstić information content (AvgIpc) is 1.39. The molecule has 0 aromatic rings. The Morgan fingerprint density at radius 3 is 1.50 bits per heavy atom. The lowest BCUT2D eigenvalue weighted by molar-refractivity contribution is 0.194. The van der Waals surface area contributed by atoms with Gasteiger partial charge in [-0.2, -0.15) is 0 Å². The molecule has 0 rings (SSSR count). The van der Waals surface area contributed by atoms with E-state index in [-0.39, 0.29) is 0 Å². The SMILES string of the molecule is CCC.CNO. The van der Waals surface area contributed by atoms with Crippen LogP contribution in [0.4, 0.5) is 0 Å². The molecule has 0 aromatic heterocycles. The topological polar surface area (TPSA) is 32.3 Å². The van der Waals surface area contributed by atoms with E-state index in [0.717, 1.165) is 0 Å². The van der Waals surface area contributed by atoms with E-state index in [1.54, 1.807) is 5.48 Å². The van der Waals surface area contributed by atoms with Crippen LogP contribution in [-0.2, 0) is 0 Å². The third kappa shape index (κ3) is 5220. The van der Waals surface area contributed by atoms with E-state index < -0.39 is 0 Å². The molecule has 0 spiro atoms. The van der Waals surface area contributed by atoms with Crippen molar-refractivity contribution in [3.05, 3.63) is 0 Å². The van der Waals surface area contributed by atoms with E-state index in [0.29, 0.717) is 0 Å². The second kappa shape index (κ2) is 20.5. The van der Waals surface area contributed by atoms with Crippen LogP contribution < -0.4 is 5.48 Å². The summed E-state index contributed by atoms with van der Waals surface area (Å²) in [5, 5.41) is 7.32. The minimum atomic E-state index is 1.25. The van der Waals surface area contributed by atoms with Crippen molar-refractivity contribution < 1.29 is 5.21 Å². The first kappa shape index (κ1) is 9.33. The fourth-order valence-corrected chi connectivity index (χ4v) is 0. The third-order valence-electron chi connectivity index (χ3n) is 0. The Balaban J connectivity index is 0. The summed E-state index contributed by atoms with van der Waals surface area (Å²) in [6.07, 6.45) is 1.25. The van der Waals surface area contributed by atoms with Crippen molar-refractivity contribution in [3.8, 4) is 0 Å². The van der Waals surface area contributed by atoms with Gasteiger partial charge in [0.05, 0.1) is 0 Å². The maximum atomic E-state index is 7.32. The van der Waals surface area contributed by atoms with Gasteiger partial charge >= 0.3 is 0 Å². The summed E-state index contributed by atoms with van der Waals surface area (Å²) in [7, 11) is 1.43. The van der Waals surface area contributed by atoms with Crippen LogP contribution in [0.1, 0.15) is 20.3 Å². The van der Waals surface area contributed by atoms with Crippen LogP contribution >= 0.6 is 0 Å². The van der Waals surface area contributed by atoms with Gasteiger partial charge in [0.1, 0.15) is 0 Å². The van der Waals surface area contributed by atoms with E-state index in [1.807, 2.05) is 0 Å². The number of hydrogen-bond donors (Lipinski definition) is 2. The molecule has 0 amide bonds. The van der Waals surface area contributed by atoms with Crippen LogP contribution in [0.3, 0.4) is 0 Å². The molecule has 0 aliphatic carbocycles. The lowest BCUT2D eigenvalue weighted by Crippen LogP contribution is -1.91. The van der Waals surface area contributed by atoms with Gasteiger partial charge in [0, 0.05) is 7.05 Å². The summed E-state index contributed by atoms with van der Waals surface area (Å²) in [6, 6.07) is 0. The summed E-state index contributed by atoms with van der Waals surface area (Å²) in [5.74, 6) is 0. The van der Waals surface area contributed by atoms with E-state index in [9.17, 15) is 0 Å². The third-order valence-corrected chi connectivity index (χ3v) is 0. The van der Waals surface area contributed by atoms with Crippen LogP contribution in [0.15, 0.2) is 0 Å². The van der Waals surface area contributed by atoms with Crippen molar-refractivity contribution in [1.29, 1.82) is 0 Å². The fraction of sp³-hybridized carbons (Fsp3) is 1.00. The normalized spacial score (nSPS) is 6.00. The van der Waals surface area contributed by atoms with Crippen LogP contribution in [-0.4, -0.2) is 12.3 Å². The Morgan fingerprint density at radius 2 is 1.50 bits per heavy atom. The molecule has 0 fully saturated rings. The highest BCUT2D eigenvalue weighted by atomic mass is 16.5. The molecule has 40 valence electrons. The Bertz CT molecular complexity index is 9.51. The standard InChI is InChI=1S/C3H8.CH5NO/c1-3-2;1-2-3/h3H2,1-2H3;2-3H,1H3. The summed E-state index contributed by atoms with van der Waals surface area (Å²) >= 11 is 0. The molecule has 2 N–H and O–H groups in total. The molecular weight excluding hydrogens is 78.0 g/mol. The highest BCUT2D eigenvalue weighted by molar-refractivity contribution is 3.92. The monoisotopic (exact) mass is 91.1 g/mol. The van der Waals surface area contributed by atoms with Gasteiger partial charge in [-0.3, -0.25) is 0 Å². The van der Waals surface area contributed by atoms with Crippen molar-refractivity contribution in [2.45, 2.75) is 20.3 Å². The number of hydroxylamine groups is 1. The minimum Gasteiger partial charge on any atom is -0.317 e. The second-order valence-corrected chi connectivity index (χ2v) is 0.931. The van der Waals surface area contributed by atoms with E-state index in [2.05, 4.69) is 13.8 Å². The summed E-state index contributed by atoms with van der Waals surface area (Å²) in [6.45, 7) is 4.25. The highest BCUT2D eigenvalue weighted by Gasteiger charge is 1.35. The van der Waals surface area contributed by atoms with Crippen LogP contribution in [0.25, 0.3) is 0 Å². The zero-order valence-corrected chi connectivity index (χ0v) is 4.65. The predicted octanol–water partition coefficient (Wildman–Crippen LogP) is 1.01. The summed E-state index contributed by atoms with van der Waals surface area (Å²) < 4.78 is 0. The molecule has 0 aliphatic rings. The molecule has 0 heterocycles.